The Hall–Kier alpha value is -2.96. The summed E-state index contributed by atoms with van der Waals surface area (Å²) in [4.78, 5) is 11.9. The number of hydrogen-bond acceptors (Lipinski definition) is 5. The van der Waals surface area contributed by atoms with Crippen LogP contribution in [0.5, 0.6) is 5.88 Å². The fourth-order valence-electron chi connectivity index (χ4n) is 2.23. The van der Waals surface area contributed by atoms with E-state index >= 15 is 0 Å². The molecule has 0 aliphatic carbocycles. The number of carbonyl (C=O) groups is 1. The monoisotopic (exact) mass is 311 g/mol. The number of nitrogens with one attached hydrogen (secondary N) is 1. The van der Waals surface area contributed by atoms with Crippen LogP contribution >= 0.6 is 0 Å². The van der Waals surface area contributed by atoms with Crippen LogP contribution in [0.15, 0.2) is 42.5 Å². The minimum atomic E-state index is -0.0180. The van der Waals surface area contributed by atoms with Gasteiger partial charge in [-0.3, -0.25) is 4.79 Å². The van der Waals surface area contributed by atoms with Crippen LogP contribution in [-0.4, -0.2) is 32.8 Å². The maximum atomic E-state index is 11.9. The highest BCUT2D eigenvalue weighted by Crippen LogP contribution is 2.11. The predicted molar refractivity (Wildman–Crippen MR) is 85.3 cm³/mol. The number of methoxy groups -OCH3 is 1. The van der Waals surface area contributed by atoms with Crippen LogP contribution in [0.4, 0.5) is 5.69 Å². The Morgan fingerprint density at radius 3 is 2.78 bits per heavy atom. The number of carbonyl (C=O) groups excluding carboxylic acids is 1. The first-order valence-corrected chi connectivity index (χ1v) is 7.36. The van der Waals surface area contributed by atoms with Crippen LogP contribution in [0.25, 0.3) is 5.65 Å². The second kappa shape index (κ2) is 6.87. The fraction of sp³-hybridized carbons (Fsp3) is 0.250. The van der Waals surface area contributed by atoms with Gasteiger partial charge in [-0.25, -0.2) is 0 Å². The first-order chi connectivity index (χ1) is 11.3. The van der Waals surface area contributed by atoms with E-state index in [9.17, 15) is 4.79 Å². The number of amides is 1. The Morgan fingerprint density at radius 1 is 1.17 bits per heavy atom. The van der Waals surface area contributed by atoms with Gasteiger partial charge >= 0.3 is 0 Å². The molecule has 0 spiro atoms. The third-order valence-electron chi connectivity index (χ3n) is 3.37. The number of ether oxygens (including phenoxy) is 1. The van der Waals surface area contributed by atoms with Gasteiger partial charge in [0.05, 0.1) is 7.11 Å². The zero-order valence-corrected chi connectivity index (χ0v) is 12.8. The number of aromatic nitrogens is 4. The van der Waals surface area contributed by atoms with Crippen LogP contribution in [-0.2, 0) is 11.2 Å². The van der Waals surface area contributed by atoms with Crippen LogP contribution in [0, 0.1) is 0 Å². The van der Waals surface area contributed by atoms with E-state index in [1.165, 1.54) is 0 Å². The minimum absolute atomic E-state index is 0.0180. The average molecular weight is 311 g/mol. The third-order valence-corrected chi connectivity index (χ3v) is 3.37. The first-order valence-electron chi connectivity index (χ1n) is 7.36. The summed E-state index contributed by atoms with van der Waals surface area (Å²) in [5.41, 5.74) is 1.46. The largest absolute Gasteiger partial charge is 0.480 e. The molecule has 0 bridgehead atoms. The molecule has 0 aliphatic heterocycles. The SMILES string of the molecule is COc1ccc2nnc(CCCC(=O)Nc3ccccc3)n2n1. The molecule has 7 nitrogen and oxygen atoms in total. The molecule has 0 atom stereocenters. The zero-order valence-electron chi connectivity index (χ0n) is 12.8. The van der Waals surface area contributed by atoms with Gasteiger partial charge in [0.15, 0.2) is 11.5 Å². The number of benzene rings is 1. The second-order valence-electron chi connectivity index (χ2n) is 5.03. The number of anilines is 1. The highest BCUT2D eigenvalue weighted by Gasteiger charge is 2.09. The minimum Gasteiger partial charge on any atom is -0.480 e. The molecule has 3 aromatic rings. The van der Waals surface area contributed by atoms with Crippen molar-refractivity contribution in [2.45, 2.75) is 19.3 Å². The Labute approximate surface area is 133 Å². The van der Waals surface area contributed by atoms with Crippen molar-refractivity contribution in [3.8, 4) is 5.88 Å². The number of nitrogens with zero attached hydrogens (tertiary/aromatic N) is 4. The number of hydrogen-bond donors (Lipinski definition) is 1. The molecule has 7 heteroatoms. The van der Waals surface area contributed by atoms with Gasteiger partial charge in [-0.2, -0.15) is 4.52 Å². The fourth-order valence-corrected chi connectivity index (χ4v) is 2.23. The molecule has 1 N–H and O–H groups in total. The standard InChI is InChI=1S/C16H17N5O2/c1-23-16-11-10-14-19-18-13(21(14)20-16)8-5-9-15(22)17-12-6-3-2-4-7-12/h2-4,6-7,10-11H,5,8-9H2,1H3,(H,17,22). The Kier molecular flexibility index (Phi) is 4.46. The summed E-state index contributed by atoms with van der Waals surface area (Å²) in [6.45, 7) is 0. The molecule has 0 unspecified atom stereocenters. The summed E-state index contributed by atoms with van der Waals surface area (Å²) in [5.74, 6) is 1.20. The lowest BCUT2D eigenvalue weighted by Gasteiger charge is -2.04. The van der Waals surface area contributed by atoms with Crippen molar-refractivity contribution < 1.29 is 9.53 Å². The topological polar surface area (TPSA) is 81.4 Å². The summed E-state index contributed by atoms with van der Waals surface area (Å²) < 4.78 is 6.75. The van der Waals surface area contributed by atoms with Crippen molar-refractivity contribution in [2.24, 2.45) is 0 Å². The Balaban J connectivity index is 1.57. The van der Waals surface area contributed by atoms with Crippen molar-refractivity contribution in [2.75, 3.05) is 12.4 Å². The van der Waals surface area contributed by atoms with Crippen molar-refractivity contribution in [1.29, 1.82) is 0 Å². The van der Waals surface area contributed by atoms with E-state index in [0.29, 0.717) is 36.6 Å². The van der Waals surface area contributed by atoms with Crippen molar-refractivity contribution in [1.82, 2.24) is 19.8 Å². The van der Waals surface area contributed by atoms with E-state index in [2.05, 4.69) is 20.6 Å². The summed E-state index contributed by atoms with van der Waals surface area (Å²) in [5, 5.41) is 15.3. The predicted octanol–water partition coefficient (Wildman–Crippen LogP) is 2.09. The summed E-state index contributed by atoms with van der Waals surface area (Å²) in [7, 11) is 1.56. The van der Waals surface area contributed by atoms with E-state index in [4.69, 9.17) is 4.74 Å². The second-order valence-corrected chi connectivity index (χ2v) is 5.03. The number of para-hydroxylation sites is 1. The lowest BCUT2D eigenvalue weighted by atomic mass is 10.2. The summed E-state index contributed by atoms with van der Waals surface area (Å²) in [6.07, 6.45) is 1.69. The molecule has 0 aliphatic rings. The lowest BCUT2D eigenvalue weighted by molar-refractivity contribution is -0.116. The molecule has 3 rings (SSSR count). The van der Waals surface area contributed by atoms with E-state index in [0.717, 1.165) is 5.69 Å². The number of aryl methyl sites for hydroxylation is 1. The molecule has 0 radical (unpaired) electrons. The van der Waals surface area contributed by atoms with Crippen LogP contribution in [0.3, 0.4) is 0 Å². The Morgan fingerprint density at radius 2 is 2.00 bits per heavy atom. The molecule has 1 aromatic carbocycles. The van der Waals surface area contributed by atoms with E-state index < -0.39 is 0 Å². The highest BCUT2D eigenvalue weighted by molar-refractivity contribution is 5.90. The van der Waals surface area contributed by atoms with Gasteiger partial charge in [0.1, 0.15) is 0 Å². The average Bonchev–Trinajstić information content (AvgIpc) is 2.98. The van der Waals surface area contributed by atoms with Gasteiger partial charge < -0.3 is 10.1 Å². The quantitative estimate of drug-likeness (QED) is 0.754. The van der Waals surface area contributed by atoms with Crippen LogP contribution < -0.4 is 10.1 Å². The van der Waals surface area contributed by atoms with Gasteiger partial charge in [0.2, 0.25) is 11.8 Å². The van der Waals surface area contributed by atoms with Crippen LogP contribution in [0.1, 0.15) is 18.7 Å². The molecule has 0 fully saturated rings. The Bertz CT molecular complexity index is 801. The zero-order chi connectivity index (χ0) is 16.1. The van der Waals surface area contributed by atoms with Crippen LogP contribution in [0.2, 0.25) is 0 Å². The van der Waals surface area contributed by atoms with Gasteiger partial charge in [-0.05, 0) is 24.6 Å². The molecular weight excluding hydrogens is 294 g/mol. The van der Waals surface area contributed by atoms with Gasteiger partial charge in [-0.1, -0.05) is 18.2 Å². The molecule has 2 aromatic heterocycles. The number of fused-ring (bicyclic) bond motifs is 1. The highest BCUT2D eigenvalue weighted by atomic mass is 16.5. The molecule has 2 heterocycles. The number of rotatable bonds is 6. The van der Waals surface area contributed by atoms with E-state index in [1.807, 2.05) is 30.3 Å². The van der Waals surface area contributed by atoms with Gasteiger partial charge in [0, 0.05) is 24.6 Å². The molecule has 0 saturated heterocycles. The molecule has 118 valence electrons. The first kappa shape index (κ1) is 15.0. The normalized spacial score (nSPS) is 10.7. The molecule has 23 heavy (non-hydrogen) atoms. The van der Waals surface area contributed by atoms with Crippen molar-refractivity contribution >= 4 is 17.2 Å². The third kappa shape index (κ3) is 3.63. The maximum Gasteiger partial charge on any atom is 0.231 e. The van der Waals surface area contributed by atoms with E-state index in [1.54, 1.807) is 23.8 Å². The van der Waals surface area contributed by atoms with E-state index in [-0.39, 0.29) is 5.91 Å². The van der Waals surface area contributed by atoms with Crippen molar-refractivity contribution in [3.63, 3.8) is 0 Å². The maximum absolute atomic E-state index is 11.9. The smallest absolute Gasteiger partial charge is 0.231 e. The van der Waals surface area contributed by atoms with Gasteiger partial charge in [0.25, 0.3) is 0 Å². The lowest BCUT2D eigenvalue weighted by Crippen LogP contribution is -2.11. The molecule has 0 saturated carbocycles. The summed E-state index contributed by atoms with van der Waals surface area (Å²) in [6, 6.07) is 12.9. The molecule has 1 amide bonds. The van der Waals surface area contributed by atoms with Crippen molar-refractivity contribution in [3.05, 3.63) is 48.3 Å². The summed E-state index contributed by atoms with van der Waals surface area (Å²) >= 11 is 0. The molecular formula is C16H17N5O2. The van der Waals surface area contributed by atoms with Gasteiger partial charge in [-0.15, -0.1) is 15.3 Å².